The van der Waals surface area contributed by atoms with Gasteiger partial charge in [0.15, 0.2) is 0 Å². The molecule has 2 aromatic rings. The van der Waals surface area contributed by atoms with E-state index in [1.54, 1.807) is 11.3 Å². The number of hydrogen-bond acceptors (Lipinski definition) is 6. The summed E-state index contributed by atoms with van der Waals surface area (Å²) in [5.74, 6) is 1.41. The summed E-state index contributed by atoms with van der Waals surface area (Å²) < 4.78 is 0. The average molecular weight is 292 g/mol. The SMILES string of the molecule is Cc1cc2c(NC3CCCCC3CO)nc(N)nc2s1. The monoisotopic (exact) mass is 292 g/mol. The van der Waals surface area contributed by atoms with E-state index < -0.39 is 0 Å². The molecule has 1 fully saturated rings. The fourth-order valence-electron chi connectivity index (χ4n) is 2.96. The third-order valence-electron chi connectivity index (χ3n) is 4.00. The first-order valence-electron chi connectivity index (χ1n) is 7.08. The summed E-state index contributed by atoms with van der Waals surface area (Å²) in [6, 6.07) is 2.37. The number of aromatic nitrogens is 2. The second-order valence-corrected chi connectivity index (χ2v) is 6.72. The van der Waals surface area contributed by atoms with Crippen molar-refractivity contribution in [2.45, 2.75) is 38.6 Å². The highest BCUT2D eigenvalue weighted by molar-refractivity contribution is 7.18. The molecule has 3 rings (SSSR count). The Bertz CT molecular complexity index is 612. The number of nitrogens with two attached hydrogens (primary N) is 1. The minimum atomic E-state index is 0.226. The second-order valence-electron chi connectivity index (χ2n) is 5.48. The molecule has 0 aromatic carbocycles. The highest BCUT2D eigenvalue weighted by atomic mass is 32.1. The van der Waals surface area contributed by atoms with Crippen LogP contribution in [-0.4, -0.2) is 27.7 Å². The summed E-state index contributed by atoms with van der Waals surface area (Å²) in [4.78, 5) is 10.8. The lowest BCUT2D eigenvalue weighted by atomic mass is 9.85. The molecule has 108 valence electrons. The van der Waals surface area contributed by atoms with Crippen LogP contribution < -0.4 is 11.1 Å². The second kappa shape index (κ2) is 5.54. The standard InChI is InChI=1S/C14H20N4OS/c1-8-6-10-12(17-14(15)18-13(10)20-8)16-11-5-3-2-4-9(11)7-19/h6,9,11,19H,2-5,7H2,1H3,(H3,15,16,17,18). The number of hydrogen-bond donors (Lipinski definition) is 3. The van der Waals surface area contributed by atoms with E-state index in [0.29, 0.717) is 11.9 Å². The fraction of sp³-hybridized carbons (Fsp3) is 0.571. The van der Waals surface area contributed by atoms with Crippen molar-refractivity contribution < 1.29 is 5.11 Å². The minimum Gasteiger partial charge on any atom is -0.396 e. The molecule has 2 unspecified atom stereocenters. The Morgan fingerprint density at radius 3 is 3.00 bits per heavy atom. The van der Waals surface area contributed by atoms with Gasteiger partial charge < -0.3 is 16.2 Å². The van der Waals surface area contributed by atoms with Crippen molar-refractivity contribution in [3.05, 3.63) is 10.9 Å². The number of rotatable bonds is 3. The van der Waals surface area contributed by atoms with Crippen molar-refractivity contribution in [2.75, 3.05) is 17.7 Å². The Balaban J connectivity index is 1.93. The predicted molar refractivity (Wildman–Crippen MR) is 83.0 cm³/mol. The van der Waals surface area contributed by atoms with Gasteiger partial charge in [0, 0.05) is 23.4 Å². The highest BCUT2D eigenvalue weighted by Gasteiger charge is 2.25. The van der Waals surface area contributed by atoms with Gasteiger partial charge in [0.25, 0.3) is 0 Å². The summed E-state index contributed by atoms with van der Waals surface area (Å²) in [6.07, 6.45) is 4.53. The minimum absolute atomic E-state index is 0.226. The first kappa shape index (κ1) is 13.6. The van der Waals surface area contributed by atoms with Crippen LogP contribution in [0.4, 0.5) is 11.8 Å². The van der Waals surface area contributed by atoms with Gasteiger partial charge in [-0.2, -0.15) is 4.98 Å². The van der Waals surface area contributed by atoms with E-state index in [4.69, 9.17) is 5.73 Å². The van der Waals surface area contributed by atoms with Gasteiger partial charge in [0.05, 0.1) is 5.39 Å². The summed E-state index contributed by atoms with van der Waals surface area (Å²) >= 11 is 1.63. The number of fused-ring (bicyclic) bond motifs is 1. The molecular weight excluding hydrogens is 272 g/mol. The average Bonchev–Trinajstić information content (AvgIpc) is 2.79. The van der Waals surface area contributed by atoms with Crippen molar-refractivity contribution in [1.29, 1.82) is 0 Å². The Morgan fingerprint density at radius 2 is 2.20 bits per heavy atom. The molecule has 20 heavy (non-hydrogen) atoms. The first-order chi connectivity index (χ1) is 9.67. The lowest BCUT2D eigenvalue weighted by molar-refractivity contribution is 0.178. The van der Waals surface area contributed by atoms with Crippen LogP contribution in [0.3, 0.4) is 0 Å². The van der Waals surface area contributed by atoms with Crippen molar-refractivity contribution in [3.8, 4) is 0 Å². The molecule has 1 aliphatic carbocycles. The maximum Gasteiger partial charge on any atom is 0.223 e. The maximum atomic E-state index is 9.52. The molecule has 0 amide bonds. The molecule has 5 nitrogen and oxygen atoms in total. The molecule has 0 spiro atoms. The third-order valence-corrected chi connectivity index (χ3v) is 4.94. The molecule has 4 N–H and O–H groups in total. The van der Waals surface area contributed by atoms with Gasteiger partial charge in [-0.1, -0.05) is 12.8 Å². The number of nitrogen functional groups attached to an aromatic ring is 1. The zero-order valence-corrected chi connectivity index (χ0v) is 12.4. The van der Waals surface area contributed by atoms with Crippen molar-refractivity contribution in [1.82, 2.24) is 9.97 Å². The van der Waals surface area contributed by atoms with E-state index in [9.17, 15) is 5.11 Å². The molecule has 0 radical (unpaired) electrons. The first-order valence-corrected chi connectivity index (χ1v) is 7.90. The molecule has 1 saturated carbocycles. The smallest absolute Gasteiger partial charge is 0.223 e. The van der Waals surface area contributed by atoms with Crippen molar-refractivity contribution in [2.24, 2.45) is 5.92 Å². The zero-order chi connectivity index (χ0) is 14.1. The third kappa shape index (κ3) is 2.58. The molecule has 2 heterocycles. The van der Waals surface area contributed by atoms with Crippen LogP contribution in [0.2, 0.25) is 0 Å². The van der Waals surface area contributed by atoms with Crippen LogP contribution in [-0.2, 0) is 0 Å². The Hall–Kier alpha value is -1.40. The van der Waals surface area contributed by atoms with Gasteiger partial charge >= 0.3 is 0 Å². The molecule has 1 aliphatic rings. The van der Waals surface area contributed by atoms with Gasteiger partial charge in [-0.15, -0.1) is 11.3 Å². The fourth-order valence-corrected chi connectivity index (χ4v) is 3.85. The lowest BCUT2D eigenvalue weighted by Crippen LogP contribution is -2.34. The van der Waals surface area contributed by atoms with Gasteiger partial charge in [0.1, 0.15) is 10.6 Å². The Morgan fingerprint density at radius 1 is 1.40 bits per heavy atom. The van der Waals surface area contributed by atoms with Crippen molar-refractivity contribution in [3.63, 3.8) is 0 Å². The van der Waals surface area contributed by atoms with E-state index in [0.717, 1.165) is 28.9 Å². The van der Waals surface area contributed by atoms with E-state index in [1.165, 1.54) is 17.7 Å². The predicted octanol–water partition coefficient (Wildman–Crippen LogP) is 2.54. The van der Waals surface area contributed by atoms with Crippen LogP contribution in [0.1, 0.15) is 30.6 Å². The van der Waals surface area contributed by atoms with Crippen LogP contribution in [0.5, 0.6) is 0 Å². The summed E-state index contributed by atoms with van der Waals surface area (Å²) in [7, 11) is 0. The number of thiophene rings is 1. The quantitative estimate of drug-likeness (QED) is 0.809. The number of aliphatic hydroxyl groups is 1. The van der Waals surface area contributed by atoms with Gasteiger partial charge in [-0.05, 0) is 25.8 Å². The highest BCUT2D eigenvalue weighted by Crippen LogP contribution is 2.32. The van der Waals surface area contributed by atoms with Crippen LogP contribution in [0, 0.1) is 12.8 Å². The van der Waals surface area contributed by atoms with Crippen LogP contribution >= 0.6 is 11.3 Å². The van der Waals surface area contributed by atoms with Crippen molar-refractivity contribution >= 4 is 33.3 Å². The van der Waals surface area contributed by atoms with E-state index in [1.807, 2.05) is 0 Å². The molecule has 2 atom stereocenters. The largest absolute Gasteiger partial charge is 0.396 e. The van der Waals surface area contributed by atoms with Gasteiger partial charge in [-0.3, -0.25) is 0 Å². The number of anilines is 2. The molecule has 0 bridgehead atoms. The maximum absolute atomic E-state index is 9.52. The summed E-state index contributed by atoms with van der Waals surface area (Å²) in [5, 5.41) is 14.0. The summed E-state index contributed by atoms with van der Waals surface area (Å²) in [6.45, 7) is 2.29. The Labute approximate surface area is 122 Å². The molecule has 0 aliphatic heterocycles. The van der Waals surface area contributed by atoms with Crippen LogP contribution in [0.25, 0.3) is 10.2 Å². The van der Waals surface area contributed by atoms with Gasteiger partial charge in [-0.25, -0.2) is 4.98 Å². The van der Waals surface area contributed by atoms with E-state index in [2.05, 4.69) is 28.3 Å². The van der Waals surface area contributed by atoms with E-state index in [-0.39, 0.29) is 12.6 Å². The zero-order valence-electron chi connectivity index (χ0n) is 11.6. The number of nitrogens with zero attached hydrogens (tertiary/aromatic N) is 2. The van der Waals surface area contributed by atoms with Crippen LogP contribution in [0.15, 0.2) is 6.07 Å². The summed E-state index contributed by atoms with van der Waals surface area (Å²) in [5.41, 5.74) is 5.80. The molecule has 2 aromatic heterocycles. The number of aliphatic hydroxyl groups excluding tert-OH is 1. The molecular formula is C14H20N4OS. The Kier molecular flexibility index (Phi) is 3.76. The van der Waals surface area contributed by atoms with Gasteiger partial charge in [0.2, 0.25) is 5.95 Å². The molecule has 6 heteroatoms. The lowest BCUT2D eigenvalue weighted by Gasteiger charge is -2.31. The number of aryl methyl sites for hydroxylation is 1. The normalized spacial score (nSPS) is 23.1. The number of nitrogens with one attached hydrogen (secondary N) is 1. The topological polar surface area (TPSA) is 84.1 Å². The van der Waals surface area contributed by atoms with E-state index >= 15 is 0 Å². The molecule has 0 saturated heterocycles.